The monoisotopic (exact) mass is 301 g/mol. The molecule has 0 radical (unpaired) electrons. The number of rotatable bonds is 4. The van der Waals surface area contributed by atoms with Crippen molar-refractivity contribution in [2.24, 2.45) is 0 Å². The van der Waals surface area contributed by atoms with E-state index in [2.05, 4.69) is 15.3 Å². The number of hydrogen-bond acceptors (Lipinski definition) is 5. The molecule has 3 rings (SSSR count). The molecule has 0 aliphatic carbocycles. The van der Waals surface area contributed by atoms with Gasteiger partial charge in [0.25, 0.3) is 0 Å². The molecule has 3 aromatic rings. The van der Waals surface area contributed by atoms with Crippen LogP contribution >= 0.6 is 22.7 Å². The lowest BCUT2D eigenvalue weighted by atomic mass is 10.3. The van der Waals surface area contributed by atoms with Gasteiger partial charge in [0.2, 0.25) is 5.91 Å². The van der Waals surface area contributed by atoms with Crippen LogP contribution in [0.2, 0.25) is 0 Å². The van der Waals surface area contributed by atoms with E-state index in [0.717, 1.165) is 15.6 Å². The van der Waals surface area contributed by atoms with Gasteiger partial charge in [-0.15, -0.1) is 22.7 Å². The third-order valence-corrected chi connectivity index (χ3v) is 4.50. The number of hydrogen-bond donors (Lipinski definition) is 1. The molecule has 0 bridgehead atoms. The van der Waals surface area contributed by atoms with Gasteiger partial charge >= 0.3 is 0 Å². The molecule has 0 saturated carbocycles. The van der Waals surface area contributed by atoms with Crippen molar-refractivity contribution < 1.29 is 4.79 Å². The summed E-state index contributed by atoms with van der Waals surface area (Å²) >= 11 is 3.21. The summed E-state index contributed by atoms with van der Waals surface area (Å²) < 4.78 is 0. The third kappa shape index (κ3) is 3.09. The second kappa shape index (κ2) is 5.94. The molecule has 1 amide bonds. The molecular weight excluding hydrogens is 290 g/mol. The van der Waals surface area contributed by atoms with E-state index < -0.39 is 0 Å². The zero-order valence-corrected chi connectivity index (χ0v) is 12.1. The van der Waals surface area contributed by atoms with E-state index in [4.69, 9.17) is 0 Å². The standard InChI is InChI=1S/C14H11N3OS2/c18-13(16-10-3-1-5-15-8-10)7-11-9-20-14(17-11)12-4-2-6-19-12/h1-6,8-9H,7H2,(H,16,18). The zero-order chi connectivity index (χ0) is 13.8. The van der Waals surface area contributed by atoms with Gasteiger partial charge in [0.05, 0.1) is 28.9 Å². The summed E-state index contributed by atoms with van der Waals surface area (Å²) in [6.07, 6.45) is 3.57. The maximum Gasteiger partial charge on any atom is 0.230 e. The van der Waals surface area contributed by atoms with Crippen molar-refractivity contribution in [3.05, 3.63) is 53.1 Å². The van der Waals surface area contributed by atoms with Crippen LogP contribution in [0.5, 0.6) is 0 Å². The fourth-order valence-electron chi connectivity index (χ4n) is 1.71. The molecule has 0 unspecified atom stereocenters. The molecular formula is C14H11N3OS2. The number of pyridine rings is 1. The number of thiazole rings is 1. The second-order valence-corrected chi connectivity index (χ2v) is 5.89. The van der Waals surface area contributed by atoms with Crippen molar-refractivity contribution in [2.75, 3.05) is 5.32 Å². The van der Waals surface area contributed by atoms with E-state index >= 15 is 0 Å². The predicted octanol–water partition coefficient (Wildman–Crippen LogP) is 3.45. The summed E-state index contributed by atoms with van der Waals surface area (Å²) in [6.45, 7) is 0. The molecule has 100 valence electrons. The van der Waals surface area contributed by atoms with E-state index in [-0.39, 0.29) is 12.3 Å². The number of anilines is 1. The van der Waals surface area contributed by atoms with E-state index in [9.17, 15) is 4.79 Å². The normalized spacial score (nSPS) is 10.4. The molecule has 0 fully saturated rings. The van der Waals surface area contributed by atoms with Crippen LogP contribution in [0, 0.1) is 0 Å². The lowest BCUT2D eigenvalue weighted by Crippen LogP contribution is -2.14. The summed E-state index contributed by atoms with van der Waals surface area (Å²) in [5, 5.41) is 7.71. The lowest BCUT2D eigenvalue weighted by Gasteiger charge is -2.02. The first kappa shape index (κ1) is 13.0. The van der Waals surface area contributed by atoms with Crippen LogP contribution in [0.3, 0.4) is 0 Å². The highest BCUT2D eigenvalue weighted by molar-refractivity contribution is 7.20. The number of nitrogens with one attached hydrogen (secondary N) is 1. The largest absolute Gasteiger partial charge is 0.324 e. The van der Waals surface area contributed by atoms with Crippen molar-refractivity contribution in [3.8, 4) is 9.88 Å². The molecule has 0 atom stereocenters. The van der Waals surface area contributed by atoms with E-state index in [1.54, 1.807) is 41.1 Å². The van der Waals surface area contributed by atoms with Gasteiger partial charge in [-0.2, -0.15) is 0 Å². The predicted molar refractivity (Wildman–Crippen MR) is 82.0 cm³/mol. The van der Waals surface area contributed by atoms with Crippen LogP contribution in [0.4, 0.5) is 5.69 Å². The first-order chi connectivity index (χ1) is 9.81. The molecule has 0 aliphatic heterocycles. The Bertz CT molecular complexity index is 692. The quantitative estimate of drug-likeness (QED) is 0.803. The summed E-state index contributed by atoms with van der Waals surface area (Å²) in [7, 11) is 0. The summed E-state index contributed by atoms with van der Waals surface area (Å²) in [4.78, 5) is 21.5. The number of aromatic nitrogens is 2. The van der Waals surface area contributed by atoms with Gasteiger partial charge in [-0.25, -0.2) is 4.98 Å². The number of amides is 1. The minimum Gasteiger partial charge on any atom is -0.324 e. The Kier molecular flexibility index (Phi) is 3.85. The Labute approximate surface area is 124 Å². The van der Waals surface area contributed by atoms with E-state index in [1.165, 1.54) is 0 Å². The summed E-state index contributed by atoms with van der Waals surface area (Å²) in [5.74, 6) is -0.0824. The number of carbonyl (C=O) groups excluding carboxylic acids is 1. The van der Waals surface area contributed by atoms with Crippen molar-refractivity contribution in [2.45, 2.75) is 6.42 Å². The van der Waals surface area contributed by atoms with Gasteiger partial charge in [-0.1, -0.05) is 6.07 Å². The minimum absolute atomic E-state index is 0.0824. The summed E-state index contributed by atoms with van der Waals surface area (Å²) in [6, 6.07) is 7.62. The second-order valence-electron chi connectivity index (χ2n) is 4.09. The van der Waals surface area contributed by atoms with Crippen molar-refractivity contribution in [1.29, 1.82) is 0 Å². The van der Waals surface area contributed by atoms with Gasteiger partial charge in [0.1, 0.15) is 5.01 Å². The molecule has 3 heterocycles. The SMILES string of the molecule is O=C(Cc1csc(-c2cccs2)n1)Nc1cccnc1. The van der Waals surface area contributed by atoms with Crippen molar-refractivity contribution >= 4 is 34.3 Å². The zero-order valence-electron chi connectivity index (χ0n) is 10.4. The van der Waals surface area contributed by atoms with Crippen LogP contribution in [0.15, 0.2) is 47.4 Å². The molecule has 6 heteroatoms. The first-order valence-corrected chi connectivity index (χ1v) is 7.75. The van der Waals surface area contributed by atoms with Gasteiger partial charge in [-0.05, 0) is 23.6 Å². The van der Waals surface area contributed by atoms with E-state index in [1.807, 2.05) is 29.0 Å². The van der Waals surface area contributed by atoms with Crippen LogP contribution in [0.1, 0.15) is 5.69 Å². The average Bonchev–Trinajstić information content (AvgIpc) is 3.10. The Hall–Kier alpha value is -2.05. The number of nitrogens with zero attached hydrogens (tertiary/aromatic N) is 2. The molecule has 0 spiro atoms. The summed E-state index contributed by atoms with van der Waals surface area (Å²) in [5.41, 5.74) is 1.49. The maximum absolute atomic E-state index is 11.9. The van der Waals surface area contributed by atoms with E-state index in [0.29, 0.717) is 5.69 Å². The Balaban J connectivity index is 1.65. The van der Waals surface area contributed by atoms with Crippen molar-refractivity contribution in [3.63, 3.8) is 0 Å². The maximum atomic E-state index is 11.9. The highest BCUT2D eigenvalue weighted by Gasteiger charge is 2.09. The highest BCUT2D eigenvalue weighted by Crippen LogP contribution is 2.27. The Morgan fingerprint density at radius 1 is 1.25 bits per heavy atom. The van der Waals surface area contributed by atoms with Crippen molar-refractivity contribution in [1.82, 2.24) is 9.97 Å². The van der Waals surface area contributed by atoms with Gasteiger partial charge in [0.15, 0.2) is 0 Å². The first-order valence-electron chi connectivity index (χ1n) is 5.99. The molecule has 1 N–H and O–H groups in total. The molecule has 0 saturated heterocycles. The van der Waals surface area contributed by atoms with Gasteiger partial charge in [0, 0.05) is 11.6 Å². The van der Waals surface area contributed by atoms with Crippen LogP contribution in [0.25, 0.3) is 9.88 Å². The number of carbonyl (C=O) groups is 1. The molecule has 0 aliphatic rings. The van der Waals surface area contributed by atoms with Gasteiger partial charge in [-0.3, -0.25) is 9.78 Å². The Morgan fingerprint density at radius 2 is 2.20 bits per heavy atom. The fraction of sp³-hybridized carbons (Fsp3) is 0.0714. The Morgan fingerprint density at radius 3 is 2.95 bits per heavy atom. The average molecular weight is 301 g/mol. The highest BCUT2D eigenvalue weighted by atomic mass is 32.1. The van der Waals surface area contributed by atoms with Crippen LogP contribution in [-0.2, 0) is 11.2 Å². The molecule has 4 nitrogen and oxygen atoms in total. The minimum atomic E-state index is -0.0824. The molecule has 20 heavy (non-hydrogen) atoms. The molecule has 3 aromatic heterocycles. The lowest BCUT2D eigenvalue weighted by molar-refractivity contribution is -0.115. The topological polar surface area (TPSA) is 54.9 Å². The fourth-order valence-corrected chi connectivity index (χ4v) is 3.34. The van der Waals surface area contributed by atoms with Crippen LogP contribution in [-0.4, -0.2) is 15.9 Å². The van der Waals surface area contributed by atoms with Crippen LogP contribution < -0.4 is 5.32 Å². The number of thiophene rings is 1. The van der Waals surface area contributed by atoms with Gasteiger partial charge < -0.3 is 5.32 Å². The molecule has 0 aromatic carbocycles. The third-order valence-electron chi connectivity index (χ3n) is 2.57. The smallest absolute Gasteiger partial charge is 0.230 e.